The lowest BCUT2D eigenvalue weighted by molar-refractivity contribution is 0.405. The summed E-state index contributed by atoms with van der Waals surface area (Å²) in [5.74, 6) is -0.147. The van der Waals surface area contributed by atoms with E-state index in [2.05, 4.69) is 54.7 Å². The number of rotatable bonds is 7. The standard InChI is InChI=1S/C22H25NO2.BrH/c1-16(7-8-17-5-3-2-4-6-17)23-12-11-18-9-10-19-14-21(24)22(25)15-20(19)13-18;/h2-6,9-10,13-16,23-25H,7-8,11-12H2,1H3;1H. The summed E-state index contributed by atoms with van der Waals surface area (Å²) in [5.41, 5.74) is 2.61. The van der Waals surface area contributed by atoms with Gasteiger partial charge in [-0.3, -0.25) is 0 Å². The Morgan fingerprint density at radius 2 is 1.50 bits per heavy atom. The number of aryl methyl sites for hydroxylation is 1. The lowest BCUT2D eigenvalue weighted by Gasteiger charge is -2.14. The van der Waals surface area contributed by atoms with Crippen molar-refractivity contribution in [1.29, 1.82) is 0 Å². The van der Waals surface area contributed by atoms with Crippen molar-refractivity contribution in [1.82, 2.24) is 5.32 Å². The van der Waals surface area contributed by atoms with Gasteiger partial charge in [0.25, 0.3) is 0 Å². The predicted molar refractivity (Wildman–Crippen MR) is 114 cm³/mol. The maximum Gasteiger partial charge on any atom is 0.158 e. The fourth-order valence-corrected chi connectivity index (χ4v) is 3.07. The Bertz CT molecular complexity index is 836. The van der Waals surface area contributed by atoms with Crippen LogP contribution in [0.15, 0.2) is 60.7 Å². The molecule has 3 aromatic rings. The summed E-state index contributed by atoms with van der Waals surface area (Å²) >= 11 is 0. The minimum Gasteiger partial charge on any atom is -0.504 e. The first-order valence-electron chi connectivity index (χ1n) is 8.84. The quantitative estimate of drug-likeness (QED) is 0.476. The van der Waals surface area contributed by atoms with E-state index in [1.807, 2.05) is 6.07 Å². The Hall–Kier alpha value is -2.04. The van der Waals surface area contributed by atoms with Gasteiger partial charge in [-0.15, -0.1) is 17.0 Å². The van der Waals surface area contributed by atoms with Crippen molar-refractivity contribution in [3.63, 3.8) is 0 Å². The van der Waals surface area contributed by atoms with Crippen molar-refractivity contribution in [2.24, 2.45) is 0 Å². The Kier molecular flexibility index (Phi) is 7.49. The van der Waals surface area contributed by atoms with Gasteiger partial charge >= 0.3 is 0 Å². The zero-order valence-corrected chi connectivity index (χ0v) is 16.7. The summed E-state index contributed by atoms with van der Waals surface area (Å²) in [5, 5.41) is 24.7. The molecule has 0 aliphatic rings. The van der Waals surface area contributed by atoms with Crippen LogP contribution in [0.4, 0.5) is 0 Å². The molecule has 0 aliphatic heterocycles. The lowest BCUT2D eigenvalue weighted by atomic mass is 10.0. The fraction of sp³-hybridized carbons (Fsp3) is 0.273. The van der Waals surface area contributed by atoms with Crippen LogP contribution in [-0.4, -0.2) is 22.8 Å². The third-order valence-corrected chi connectivity index (χ3v) is 4.61. The number of benzene rings is 3. The van der Waals surface area contributed by atoms with Crippen LogP contribution < -0.4 is 5.32 Å². The molecular weight excluding hydrogens is 390 g/mol. The SMILES string of the molecule is Br.CC(CCc1ccccc1)NCCc1ccc2cc(O)c(O)cc2c1. The van der Waals surface area contributed by atoms with Gasteiger partial charge in [-0.25, -0.2) is 0 Å². The van der Waals surface area contributed by atoms with Crippen molar-refractivity contribution < 1.29 is 10.2 Å². The number of phenolic OH excluding ortho intramolecular Hbond substituents is 2. The molecule has 0 aliphatic carbocycles. The highest BCUT2D eigenvalue weighted by Gasteiger charge is 2.05. The molecule has 3 nitrogen and oxygen atoms in total. The van der Waals surface area contributed by atoms with Gasteiger partial charge in [0.1, 0.15) is 0 Å². The third kappa shape index (κ3) is 5.48. The summed E-state index contributed by atoms with van der Waals surface area (Å²) in [7, 11) is 0. The van der Waals surface area contributed by atoms with Crippen LogP contribution in [0.25, 0.3) is 10.8 Å². The number of nitrogens with one attached hydrogen (secondary N) is 1. The molecule has 1 atom stereocenters. The second-order valence-electron chi connectivity index (χ2n) is 6.65. The number of hydrogen-bond acceptors (Lipinski definition) is 3. The van der Waals surface area contributed by atoms with E-state index in [1.165, 1.54) is 11.1 Å². The average molecular weight is 416 g/mol. The van der Waals surface area contributed by atoms with Crippen LogP contribution >= 0.6 is 17.0 Å². The largest absolute Gasteiger partial charge is 0.504 e. The van der Waals surface area contributed by atoms with Crippen LogP contribution in [0.3, 0.4) is 0 Å². The number of fused-ring (bicyclic) bond motifs is 1. The second-order valence-corrected chi connectivity index (χ2v) is 6.65. The predicted octanol–water partition coefficient (Wildman–Crippen LogP) is 4.98. The molecule has 0 fully saturated rings. The zero-order chi connectivity index (χ0) is 17.6. The number of aromatic hydroxyl groups is 2. The van der Waals surface area contributed by atoms with Gasteiger partial charge < -0.3 is 15.5 Å². The molecule has 138 valence electrons. The van der Waals surface area contributed by atoms with Crippen LogP contribution in [-0.2, 0) is 12.8 Å². The van der Waals surface area contributed by atoms with Crippen LogP contribution in [0.2, 0.25) is 0 Å². The summed E-state index contributed by atoms with van der Waals surface area (Å²) in [6.07, 6.45) is 3.15. The highest BCUT2D eigenvalue weighted by Crippen LogP contribution is 2.30. The van der Waals surface area contributed by atoms with E-state index in [9.17, 15) is 10.2 Å². The average Bonchev–Trinajstić information content (AvgIpc) is 2.62. The van der Waals surface area contributed by atoms with E-state index in [4.69, 9.17) is 0 Å². The monoisotopic (exact) mass is 415 g/mol. The first-order chi connectivity index (χ1) is 12.1. The lowest BCUT2D eigenvalue weighted by Crippen LogP contribution is -2.28. The number of phenols is 2. The van der Waals surface area contributed by atoms with Gasteiger partial charge in [-0.2, -0.15) is 0 Å². The maximum absolute atomic E-state index is 9.65. The van der Waals surface area contributed by atoms with E-state index < -0.39 is 0 Å². The number of hydrogen-bond donors (Lipinski definition) is 3. The second kappa shape index (κ2) is 9.60. The van der Waals surface area contributed by atoms with E-state index in [0.717, 1.165) is 36.6 Å². The van der Waals surface area contributed by atoms with Crippen molar-refractivity contribution in [2.75, 3.05) is 6.54 Å². The topological polar surface area (TPSA) is 52.5 Å². The van der Waals surface area contributed by atoms with Gasteiger partial charge in [0, 0.05) is 6.04 Å². The smallest absolute Gasteiger partial charge is 0.158 e. The fourth-order valence-electron chi connectivity index (χ4n) is 3.07. The summed E-state index contributed by atoms with van der Waals surface area (Å²) < 4.78 is 0. The molecule has 0 spiro atoms. The van der Waals surface area contributed by atoms with E-state index in [0.29, 0.717) is 6.04 Å². The molecule has 3 aromatic carbocycles. The zero-order valence-electron chi connectivity index (χ0n) is 15.0. The summed E-state index contributed by atoms with van der Waals surface area (Å²) in [4.78, 5) is 0. The molecule has 0 saturated carbocycles. The molecule has 0 radical (unpaired) electrons. The van der Waals surface area contributed by atoms with Crippen molar-refractivity contribution in [3.05, 3.63) is 71.8 Å². The Labute approximate surface area is 165 Å². The number of halogens is 1. The first-order valence-corrected chi connectivity index (χ1v) is 8.84. The Balaban J connectivity index is 0.00000243. The van der Waals surface area contributed by atoms with Gasteiger partial charge in [0.15, 0.2) is 11.5 Å². The van der Waals surface area contributed by atoms with E-state index in [-0.39, 0.29) is 28.5 Å². The van der Waals surface area contributed by atoms with Crippen molar-refractivity contribution >= 4 is 27.8 Å². The molecular formula is C22H26BrNO2. The molecule has 0 aromatic heterocycles. The van der Waals surface area contributed by atoms with Crippen molar-refractivity contribution in [2.45, 2.75) is 32.2 Å². The summed E-state index contributed by atoms with van der Waals surface area (Å²) in [6.45, 7) is 3.15. The van der Waals surface area contributed by atoms with Crippen LogP contribution in [0, 0.1) is 0 Å². The molecule has 4 heteroatoms. The molecule has 0 saturated heterocycles. The van der Waals surface area contributed by atoms with E-state index in [1.54, 1.807) is 12.1 Å². The third-order valence-electron chi connectivity index (χ3n) is 4.61. The Morgan fingerprint density at radius 3 is 2.23 bits per heavy atom. The maximum atomic E-state index is 9.65. The van der Waals surface area contributed by atoms with Gasteiger partial charge in [-0.1, -0.05) is 48.5 Å². The molecule has 3 N–H and O–H groups in total. The Morgan fingerprint density at radius 1 is 0.808 bits per heavy atom. The molecule has 3 rings (SSSR count). The first kappa shape index (κ1) is 20.3. The van der Waals surface area contributed by atoms with E-state index >= 15 is 0 Å². The minimum atomic E-state index is -0.0749. The molecule has 26 heavy (non-hydrogen) atoms. The molecule has 0 amide bonds. The minimum absolute atomic E-state index is 0. The highest BCUT2D eigenvalue weighted by atomic mass is 79.9. The van der Waals surface area contributed by atoms with Crippen LogP contribution in [0.1, 0.15) is 24.5 Å². The van der Waals surface area contributed by atoms with Gasteiger partial charge in [-0.05, 0) is 66.8 Å². The normalized spacial score (nSPS) is 11.9. The van der Waals surface area contributed by atoms with Crippen molar-refractivity contribution in [3.8, 4) is 11.5 Å². The van der Waals surface area contributed by atoms with Gasteiger partial charge in [0.05, 0.1) is 0 Å². The summed E-state index contributed by atoms with van der Waals surface area (Å²) in [6, 6.07) is 20.4. The highest BCUT2D eigenvalue weighted by molar-refractivity contribution is 8.93. The van der Waals surface area contributed by atoms with Crippen LogP contribution in [0.5, 0.6) is 11.5 Å². The van der Waals surface area contributed by atoms with Gasteiger partial charge in [0.2, 0.25) is 0 Å². The molecule has 0 bridgehead atoms. The molecule has 1 unspecified atom stereocenters. The molecule has 0 heterocycles.